The second kappa shape index (κ2) is 3.04. The van der Waals surface area contributed by atoms with Crippen LogP contribution in [0.1, 0.15) is 5.56 Å². The van der Waals surface area contributed by atoms with Gasteiger partial charge in [-0.15, -0.1) is 0 Å². The SMILES string of the molecule is Cc1c(O)c(Br)cc2ccccc12. The highest BCUT2D eigenvalue weighted by molar-refractivity contribution is 9.10. The fourth-order valence-corrected chi connectivity index (χ4v) is 2.02. The van der Waals surface area contributed by atoms with Crippen molar-refractivity contribution in [2.75, 3.05) is 0 Å². The first kappa shape index (κ1) is 8.57. The topological polar surface area (TPSA) is 20.2 Å². The highest BCUT2D eigenvalue weighted by Crippen LogP contribution is 2.33. The van der Waals surface area contributed by atoms with Crippen LogP contribution in [0.25, 0.3) is 10.8 Å². The van der Waals surface area contributed by atoms with Crippen LogP contribution in [0.5, 0.6) is 5.75 Å². The number of hydrogen-bond acceptors (Lipinski definition) is 1. The summed E-state index contributed by atoms with van der Waals surface area (Å²) in [5, 5.41) is 11.9. The molecule has 0 fully saturated rings. The maximum atomic E-state index is 9.66. The van der Waals surface area contributed by atoms with Crippen LogP contribution >= 0.6 is 15.9 Å². The van der Waals surface area contributed by atoms with E-state index >= 15 is 0 Å². The monoisotopic (exact) mass is 236 g/mol. The van der Waals surface area contributed by atoms with Crippen molar-refractivity contribution in [2.45, 2.75) is 6.92 Å². The first-order valence-electron chi connectivity index (χ1n) is 4.07. The highest BCUT2D eigenvalue weighted by atomic mass is 79.9. The maximum Gasteiger partial charge on any atom is 0.133 e. The summed E-state index contributed by atoms with van der Waals surface area (Å²) in [6.07, 6.45) is 0. The third kappa shape index (κ3) is 1.31. The van der Waals surface area contributed by atoms with E-state index < -0.39 is 0 Å². The van der Waals surface area contributed by atoms with Crippen LogP contribution in [0.3, 0.4) is 0 Å². The lowest BCUT2D eigenvalue weighted by Crippen LogP contribution is -1.80. The van der Waals surface area contributed by atoms with Gasteiger partial charge in [-0.1, -0.05) is 24.3 Å². The normalized spacial score (nSPS) is 10.6. The van der Waals surface area contributed by atoms with E-state index in [-0.39, 0.29) is 0 Å². The van der Waals surface area contributed by atoms with Gasteiger partial charge in [0.05, 0.1) is 4.47 Å². The second-order valence-electron chi connectivity index (χ2n) is 3.05. The molecule has 0 bridgehead atoms. The molecule has 2 heteroatoms. The molecule has 0 saturated heterocycles. The third-order valence-corrected chi connectivity index (χ3v) is 2.83. The zero-order valence-electron chi connectivity index (χ0n) is 7.21. The van der Waals surface area contributed by atoms with Crippen LogP contribution in [-0.4, -0.2) is 5.11 Å². The van der Waals surface area contributed by atoms with Gasteiger partial charge in [-0.2, -0.15) is 0 Å². The number of phenolic OH excluding ortho intramolecular Hbond substituents is 1. The van der Waals surface area contributed by atoms with Crippen LogP contribution in [-0.2, 0) is 0 Å². The number of benzene rings is 2. The van der Waals surface area contributed by atoms with Gasteiger partial charge >= 0.3 is 0 Å². The largest absolute Gasteiger partial charge is 0.506 e. The van der Waals surface area contributed by atoms with Crippen molar-refractivity contribution in [3.63, 3.8) is 0 Å². The molecule has 0 amide bonds. The quantitative estimate of drug-likeness (QED) is 0.741. The average Bonchev–Trinajstić information content (AvgIpc) is 2.15. The molecule has 0 unspecified atom stereocenters. The number of aromatic hydroxyl groups is 1. The van der Waals surface area contributed by atoms with Gasteiger partial charge < -0.3 is 5.11 Å². The lowest BCUT2D eigenvalue weighted by atomic mass is 10.1. The summed E-state index contributed by atoms with van der Waals surface area (Å²) in [6, 6.07) is 9.94. The molecule has 0 aliphatic heterocycles. The minimum absolute atomic E-state index is 0.332. The number of phenols is 1. The lowest BCUT2D eigenvalue weighted by molar-refractivity contribution is 0.469. The molecule has 2 aromatic rings. The molecule has 0 heterocycles. The Morgan fingerprint density at radius 1 is 1.23 bits per heavy atom. The predicted molar refractivity (Wildman–Crippen MR) is 58.0 cm³/mol. The van der Waals surface area contributed by atoms with Crippen molar-refractivity contribution < 1.29 is 5.11 Å². The van der Waals surface area contributed by atoms with E-state index in [1.54, 1.807) is 0 Å². The molecule has 0 saturated carbocycles. The average molecular weight is 237 g/mol. The molecule has 0 radical (unpaired) electrons. The summed E-state index contributed by atoms with van der Waals surface area (Å²) in [5.41, 5.74) is 0.921. The van der Waals surface area contributed by atoms with E-state index in [1.807, 2.05) is 37.3 Å². The van der Waals surface area contributed by atoms with Crippen molar-refractivity contribution >= 4 is 26.7 Å². The smallest absolute Gasteiger partial charge is 0.133 e. The van der Waals surface area contributed by atoms with E-state index in [2.05, 4.69) is 15.9 Å². The Bertz CT molecular complexity index is 463. The summed E-state index contributed by atoms with van der Waals surface area (Å²) >= 11 is 3.32. The summed E-state index contributed by atoms with van der Waals surface area (Å²) in [4.78, 5) is 0. The minimum atomic E-state index is 0.332. The molecule has 13 heavy (non-hydrogen) atoms. The molecule has 2 rings (SSSR count). The van der Waals surface area contributed by atoms with Crippen LogP contribution < -0.4 is 0 Å². The molecule has 0 aromatic heterocycles. The lowest BCUT2D eigenvalue weighted by Gasteiger charge is -2.06. The van der Waals surface area contributed by atoms with Gasteiger partial charge in [-0.25, -0.2) is 0 Å². The van der Waals surface area contributed by atoms with Crippen LogP contribution in [0, 0.1) is 6.92 Å². The number of aryl methyl sites for hydroxylation is 1. The predicted octanol–water partition coefficient (Wildman–Crippen LogP) is 3.62. The van der Waals surface area contributed by atoms with Crippen molar-refractivity contribution in [1.82, 2.24) is 0 Å². The van der Waals surface area contributed by atoms with Gasteiger partial charge in [0.1, 0.15) is 5.75 Å². The van der Waals surface area contributed by atoms with Crippen molar-refractivity contribution in [3.8, 4) is 5.75 Å². The Balaban J connectivity index is 2.94. The van der Waals surface area contributed by atoms with Crippen LogP contribution in [0.2, 0.25) is 0 Å². The Hall–Kier alpha value is -1.02. The van der Waals surface area contributed by atoms with Gasteiger partial charge in [0.15, 0.2) is 0 Å². The Morgan fingerprint density at radius 3 is 2.69 bits per heavy atom. The van der Waals surface area contributed by atoms with E-state index in [9.17, 15) is 5.11 Å². The molecule has 0 spiro atoms. The first-order chi connectivity index (χ1) is 6.20. The van der Waals surface area contributed by atoms with E-state index in [4.69, 9.17) is 0 Å². The zero-order valence-corrected chi connectivity index (χ0v) is 8.80. The van der Waals surface area contributed by atoms with Crippen LogP contribution in [0.15, 0.2) is 34.8 Å². The van der Waals surface area contributed by atoms with Crippen LogP contribution in [0.4, 0.5) is 0 Å². The van der Waals surface area contributed by atoms with Gasteiger partial charge in [-0.05, 0) is 45.3 Å². The van der Waals surface area contributed by atoms with Crippen molar-refractivity contribution in [3.05, 3.63) is 40.4 Å². The van der Waals surface area contributed by atoms with E-state index in [0.717, 1.165) is 20.8 Å². The number of halogens is 1. The van der Waals surface area contributed by atoms with Crippen molar-refractivity contribution in [2.24, 2.45) is 0 Å². The number of rotatable bonds is 0. The fourth-order valence-electron chi connectivity index (χ4n) is 1.48. The summed E-state index contributed by atoms with van der Waals surface area (Å²) < 4.78 is 0.753. The summed E-state index contributed by atoms with van der Waals surface area (Å²) in [7, 11) is 0. The minimum Gasteiger partial charge on any atom is -0.506 e. The zero-order chi connectivity index (χ0) is 9.42. The standard InChI is InChI=1S/C11H9BrO/c1-7-9-5-3-2-4-8(9)6-10(12)11(7)13/h2-6,13H,1H3. The Kier molecular flexibility index (Phi) is 2.00. The molecular formula is C11H9BrO. The molecule has 66 valence electrons. The molecule has 0 atom stereocenters. The second-order valence-corrected chi connectivity index (χ2v) is 3.91. The molecule has 0 aliphatic rings. The van der Waals surface area contributed by atoms with Gasteiger partial charge in [0.2, 0.25) is 0 Å². The maximum absolute atomic E-state index is 9.66. The van der Waals surface area contributed by atoms with Crippen molar-refractivity contribution in [1.29, 1.82) is 0 Å². The van der Waals surface area contributed by atoms with Gasteiger partial charge in [0.25, 0.3) is 0 Å². The third-order valence-electron chi connectivity index (χ3n) is 2.23. The Labute approximate surface area is 85.1 Å². The fraction of sp³-hybridized carbons (Fsp3) is 0.0909. The molecule has 2 aromatic carbocycles. The van der Waals surface area contributed by atoms with E-state index in [0.29, 0.717) is 5.75 Å². The molecule has 1 nitrogen and oxygen atoms in total. The van der Waals surface area contributed by atoms with Gasteiger partial charge in [0, 0.05) is 0 Å². The van der Waals surface area contributed by atoms with Gasteiger partial charge in [-0.3, -0.25) is 0 Å². The van der Waals surface area contributed by atoms with E-state index in [1.165, 1.54) is 0 Å². The summed E-state index contributed by atoms with van der Waals surface area (Å²) in [5.74, 6) is 0.332. The molecular weight excluding hydrogens is 228 g/mol. The Morgan fingerprint density at radius 2 is 1.92 bits per heavy atom. The summed E-state index contributed by atoms with van der Waals surface area (Å²) in [6.45, 7) is 1.92. The highest BCUT2D eigenvalue weighted by Gasteiger charge is 2.05. The molecule has 1 N–H and O–H groups in total. The number of fused-ring (bicyclic) bond motifs is 1. The number of hydrogen-bond donors (Lipinski definition) is 1. The first-order valence-corrected chi connectivity index (χ1v) is 4.86. The molecule has 0 aliphatic carbocycles.